The summed E-state index contributed by atoms with van der Waals surface area (Å²) < 4.78 is 11.3. The van der Waals surface area contributed by atoms with Crippen LogP contribution in [0, 0.1) is 5.92 Å². The molecule has 0 saturated heterocycles. The average molecular weight is 707 g/mol. The van der Waals surface area contributed by atoms with E-state index in [9.17, 15) is 19.2 Å². The van der Waals surface area contributed by atoms with E-state index in [2.05, 4.69) is 35.1 Å². The van der Waals surface area contributed by atoms with Gasteiger partial charge in [0, 0.05) is 25.1 Å². The second-order valence-corrected chi connectivity index (χ2v) is 13.1. The number of hydrogen-bond donors (Lipinski definition) is 4. The lowest BCUT2D eigenvalue weighted by molar-refractivity contribution is -0.127. The zero-order valence-electron chi connectivity index (χ0n) is 30.2. The van der Waals surface area contributed by atoms with Crippen molar-refractivity contribution in [2.24, 2.45) is 5.92 Å². The highest BCUT2D eigenvalue weighted by molar-refractivity contribution is 5.98. The van der Waals surface area contributed by atoms with Gasteiger partial charge in [0.25, 0.3) is 0 Å². The Bertz CT molecular complexity index is 1710. The average Bonchev–Trinajstić information content (AvgIpc) is 3.14. The molecule has 4 rings (SSSR count). The first-order valence-corrected chi connectivity index (χ1v) is 17.8. The Morgan fingerprint density at radius 3 is 1.98 bits per heavy atom. The molecule has 10 heteroatoms. The summed E-state index contributed by atoms with van der Waals surface area (Å²) in [5.74, 6) is 0.241. The van der Waals surface area contributed by atoms with Crippen LogP contribution >= 0.6 is 0 Å². The third kappa shape index (κ3) is 13.9. The highest BCUT2D eigenvalue weighted by atomic mass is 16.5. The molecule has 0 aliphatic carbocycles. The minimum atomic E-state index is -1.03. The van der Waals surface area contributed by atoms with Gasteiger partial charge in [-0.15, -0.1) is 0 Å². The van der Waals surface area contributed by atoms with E-state index in [0.29, 0.717) is 49.8 Å². The molecule has 4 N–H and O–H groups in total. The van der Waals surface area contributed by atoms with E-state index in [1.807, 2.05) is 103 Å². The number of carbonyl (C=O) groups is 4. The molecule has 0 fully saturated rings. The van der Waals surface area contributed by atoms with Crippen molar-refractivity contribution in [2.45, 2.75) is 78.2 Å². The zero-order valence-corrected chi connectivity index (χ0v) is 30.2. The normalized spacial score (nSPS) is 11.9. The van der Waals surface area contributed by atoms with Crippen LogP contribution in [0.1, 0.15) is 62.3 Å². The number of aryl methyl sites for hydroxylation is 1. The van der Waals surface area contributed by atoms with Gasteiger partial charge in [-0.05, 0) is 72.6 Å². The van der Waals surface area contributed by atoms with Gasteiger partial charge in [-0.2, -0.15) is 0 Å². The SMILES string of the molecule is CC(C)CCNC(=O)CCCc1ccccc1NC(=O)[C@@H](C)NC(=O)[C@H](Cc1ccc(OCc2ccccc2)cc1)NC(=O)OCc1ccccc1. The van der Waals surface area contributed by atoms with Gasteiger partial charge in [0.05, 0.1) is 0 Å². The van der Waals surface area contributed by atoms with Crippen molar-refractivity contribution in [3.63, 3.8) is 0 Å². The molecule has 4 aromatic carbocycles. The Kier molecular flexibility index (Phi) is 15.7. The first-order chi connectivity index (χ1) is 25.2. The van der Waals surface area contributed by atoms with E-state index < -0.39 is 30.0 Å². The molecule has 4 amide bonds. The Balaban J connectivity index is 1.35. The molecule has 0 aromatic heterocycles. The number of nitrogens with one attached hydrogen (secondary N) is 4. The molecular weight excluding hydrogens is 656 g/mol. The topological polar surface area (TPSA) is 135 Å². The maximum atomic E-state index is 13.6. The van der Waals surface area contributed by atoms with Gasteiger partial charge in [0.15, 0.2) is 0 Å². The Hall–Kier alpha value is -5.64. The number of rotatable bonds is 19. The van der Waals surface area contributed by atoms with E-state index >= 15 is 0 Å². The number of ether oxygens (including phenoxy) is 2. The molecule has 274 valence electrons. The first-order valence-electron chi connectivity index (χ1n) is 17.8. The molecule has 0 unspecified atom stereocenters. The summed E-state index contributed by atoms with van der Waals surface area (Å²) in [6, 6.07) is 31.8. The number of para-hydroxylation sites is 1. The number of carbonyl (C=O) groups excluding carboxylic acids is 4. The van der Waals surface area contributed by atoms with Crippen molar-refractivity contribution >= 4 is 29.5 Å². The van der Waals surface area contributed by atoms with Crippen LogP contribution in [-0.2, 0) is 45.2 Å². The van der Waals surface area contributed by atoms with Crippen LogP contribution in [0.5, 0.6) is 5.75 Å². The molecule has 0 aliphatic heterocycles. The summed E-state index contributed by atoms with van der Waals surface area (Å²) in [6.45, 7) is 6.94. The van der Waals surface area contributed by atoms with Gasteiger partial charge < -0.3 is 30.7 Å². The van der Waals surface area contributed by atoms with Gasteiger partial charge >= 0.3 is 6.09 Å². The fourth-order valence-electron chi connectivity index (χ4n) is 5.32. The van der Waals surface area contributed by atoms with E-state index in [1.165, 1.54) is 0 Å². The molecule has 52 heavy (non-hydrogen) atoms. The second kappa shape index (κ2) is 20.9. The van der Waals surface area contributed by atoms with Crippen molar-refractivity contribution < 1.29 is 28.7 Å². The number of amides is 4. The summed E-state index contributed by atoms with van der Waals surface area (Å²) >= 11 is 0. The van der Waals surface area contributed by atoms with Crippen LogP contribution in [0.25, 0.3) is 0 Å². The van der Waals surface area contributed by atoms with E-state index in [4.69, 9.17) is 9.47 Å². The number of hydrogen-bond acceptors (Lipinski definition) is 6. The van der Waals surface area contributed by atoms with Crippen LogP contribution in [0.15, 0.2) is 109 Å². The lowest BCUT2D eigenvalue weighted by atomic mass is 10.0. The van der Waals surface area contributed by atoms with Gasteiger partial charge in [-0.25, -0.2) is 4.79 Å². The quantitative estimate of drug-likeness (QED) is 0.0855. The molecule has 0 radical (unpaired) electrons. The largest absolute Gasteiger partial charge is 0.489 e. The fraction of sp³-hybridized carbons (Fsp3) is 0.333. The molecule has 0 bridgehead atoms. The molecular formula is C42H50N4O6. The van der Waals surface area contributed by atoms with Crippen LogP contribution in [0.3, 0.4) is 0 Å². The highest BCUT2D eigenvalue weighted by Gasteiger charge is 2.26. The molecule has 4 aromatic rings. The molecule has 0 saturated carbocycles. The van der Waals surface area contributed by atoms with Crippen molar-refractivity contribution in [3.05, 3.63) is 131 Å². The van der Waals surface area contributed by atoms with Crippen LogP contribution in [0.4, 0.5) is 10.5 Å². The Morgan fingerprint density at radius 1 is 0.673 bits per heavy atom. The van der Waals surface area contributed by atoms with Crippen molar-refractivity contribution in [2.75, 3.05) is 11.9 Å². The molecule has 0 aliphatic rings. The van der Waals surface area contributed by atoms with Crippen LogP contribution in [0.2, 0.25) is 0 Å². The standard InChI is InChI=1S/C42H50N4O6/c1-30(2)25-26-43-39(47)20-12-18-35-17-10-11-19-37(35)45-40(48)31(3)44-41(49)38(46-42(50)52-29-34-15-8-5-9-16-34)27-32-21-23-36(24-22-32)51-28-33-13-6-4-7-14-33/h4-11,13-17,19,21-24,30-31,38H,12,18,20,25-29H2,1-3H3,(H,43,47)(H,44,49)(H,45,48)(H,46,50)/t31-,38+/m1/s1. The smallest absolute Gasteiger partial charge is 0.408 e. The Labute approximate surface area is 306 Å². The molecule has 0 heterocycles. The first kappa shape index (κ1) is 39.2. The van der Waals surface area contributed by atoms with E-state index in [0.717, 1.165) is 28.7 Å². The van der Waals surface area contributed by atoms with Crippen LogP contribution < -0.4 is 26.0 Å². The summed E-state index contributed by atoms with van der Waals surface area (Å²) in [4.78, 5) is 52.0. The van der Waals surface area contributed by atoms with Gasteiger partial charge in [-0.3, -0.25) is 14.4 Å². The maximum Gasteiger partial charge on any atom is 0.408 e. The lowest BCUT2D eigenvalue weighted by Crippen LogP contribution is -2.52. The molecule has 0 spiro atoms. The lowest BCUT2D eigenvalue weighted by Gasteiger charge is -2.22. The summed E-state index contributed by atoms with van der Waals surface area (Å²) in [5, 5.41) is 11.3. The third-order valence-corrected chi connectivity index (χ3v) is 8.35. The van der Waals surface area contributed by atoms with Gasteiger partial charge in [0.1, 0.15) is 31.0 Å². The van der Waals surface area contributed by atoms with Gasteiger partial charge in [0.2, 0.25) is 17.7 Å². The monoisotopic (exact) mass is 706 g/mol. The maximum absolute atomic E-state index is 13.6. The van der Waals surface area contributed by atoms with E-state index in [-0.39, 0.29) is 18.9 Å². The number of benzene rings is 4. The third-order valence-electron chi connectivity index (χ3n) is 8.35. The highest BCUT2D eigenvalue weighted by Crippen LogP contribution is 2.19. The summed E-state index contributed by atoms with van der Waals surface area (Å²) in [5.41, 5.74) is 4.12. The summed E-state index contributed by atoms with van der Waals surface area (Å²) in [6.07, 6.45) is 1.93. The van der Waals surface area contributed by atoms with Gasteiger partial charge in [-0.1, -0.05) is 105 Å². The Morgan fingerprint density at radius 2 is 1.31 bits per heavy atom. The number of alkyl carbamates (subject to hydrolysis) is 1. The van der Waals surface area contributed by atoms with Crippen molar-refractivity contribution in [1.29, 1.82) is 0 Å². The predicted molar refractivity (Wildman–Crippen MR) is 203 cm³/mol. The summed E-state index contributed by atoms with van der Waals surface area (Å²) in [7, 11) is 0. The number of anilines is 1. The second-order valence-electron chi connectivity index (χ2n) is 13.1. The molecule has 10 nitrogen and oxygen atoms in total. The fourth-order valence-corrected chi connectivity index (χ4v) is 5.32. The zero-order chi connectivity index (χ0) is 37.1. The van der Waals surface area contributed by atoms with E-state index in [1.54, 1.807) is 13.0 Å². The van der Waals surface area contributed by atoms with Crippen molar-refractivity contribution in [3.8, 4) is 5.75 Å². The predicted octanol–water partition coefficient (Wildman–Crippen LogP) is 6.73. The van der Waals surface area contributed by atoms with Crippen molar-refractivity contribution in [1.82, 2.24) is 16.0 Å². The minimum Gasteiger partial charge on any atom is -0.489 e. The van der Waals surface area contributed by atoms with Crippen LogP contribution in [-0.4, -0.2) is 42.4 Å². The minimum absolute atomic E-state index is 0.0120. The molecule has 2 atom stereocenters.